The maximum Gasteiger partial charge on any atom is 0.573 e. The second-order valence-electron chi connectivity index (χ2n) is 8.44. The zero-order valence-electron chi connectivity index (χ0n) is 17.8. The maximum absolute atomic E-state index is 12.8. The van der Waals surface area contributed by atoms with Crippen molar-refractivity contribution in [3.8, 4) is 5.75 Å². The van der Waals surface area contributed by atoms with Crippen LogP contribution < -0.4 is 4.74 Å². The third-order valence-corrected chi connectivity index (χ3v) is 6.33. The number of halogens is 3. The van der Waals surface area contributed by atoms with Crippen molar-refractivity contribution < 1.29 is 27.4 Å². The van der Waals surface area contributed by atoms with Crippen molar-refractivity contribution in [3.05, 3.63) is 53.5 Å². The Kier molecular flexibility index (Phi) is 5.69. The van der Waals surface area contributed by atoms with Crippen molar-refractivity contribution in [2.75, 3.05) is 26.3 Å². The molecule has 0 unspecified atom stereocenters. The number of carbonyl (C=O) groups is 1. The summed E-state index contributed by atoms with van der Waals surface area (Å²) < 4.78 is 46.3. The largest absolute Gasteiger partial charge is 0.573 e. The molecule has 10 heteroatoms. The van der Waals surface area contributed by atoms with E-state index in [-0.39, 0.29) is 23.5 Å². The van der Waals surface area contributed by atoms with Gasteiger partial charge in [-0.1, -0.05) is 0 Å². The quantitative estimate of drug-likeness (QED) is 0.625. The van der Waals surface area contributed by atoms with Crippen LogP contribution in [0.5, 0.6) is 5.75 Å². The molecule has 0 spiro atoms. The first-order valence-electron chi connectivity index (χ1n) is 10.9. The minimum Gasteiger partial charge on any atom is -0.406 e. The molecule has 0 aliphatic carbocycles. The van der Waals surface area contributed by atoms with Crippen LogP contribution in [0, 0.1) is 0 Å². The second-order valence-corrected chi connectivity index (χ2v) is 8.44. The predicted octanol–water partition coefficient (Wildman–Crippen LogP) is 4.38. The number of piperidine rings is 1. The highest BCUT2D eigenvalue weighted by atomic mass is 19.4. The van der Waals surface area contributed by atoms with Gasteiger partial charge in [0.05, 0.1) is 18.5 Å². The fraction of sp³-hybridized carbons (Fsp3) is 0.435. The van der Waals surface area contributed by atoms with Crippen LogP contribution in [0.1, 0.15) is 52.7 Å². The molecular weight excluding hydrogens is 437 g/mol. The van der Waals surface area contributed by atoms with E-state index in [2.05, 4.69) is 14.7 Å². The third kappa shape index (κ3) is 4.66. The molecule has 2 aliphatic rings. The first-order valence-corrected chi connectivity index (χ1v) is 10.9. The molecule has 7 nitrogen and oxygen atoms in total. The van der Waals surface area contributed by atoms with E-state index in [0.29, 0.717) is 25.3 Å². The van der Waals surface area contributed by atoms with Crippen LogP contribution in [0.3, 0.4) is 0 Å². The molecule has 1 amide bonds. The molecule has 0 saturated carbocycles. The number of hydrogen-bond donors (Lipinski definition) is 1. The Morgan fingerprint density at radius 3 is 2.55 bits per heavy atom. The van der Waals surface area contributed by atoms with Crippen LogP contribution in [0.15, 0.2) is 36.7 Å². The Morgan fingerprint density at radius 2 is 1.88 bits per heavy atom. The van der Waals surface area contributed by atoms with Gasteiger partial charge in [0.2, 0.25) is 0 Å². The molecule has 5 rings (SSSR count). The van der Waals surface area contributed by atoms with Crippen molar-refractivity contribution in [1.29, 1.82) is 0 Å². The van der Waals surface area contributed by atoms with Gasteiger partial charge in [0.25, 0.3) is 5.91 Å². The lowest BCUT2D eigenvalue weighted by molar-refractivity contribution is -0.274. The van der Waals surface area contributed by atoms with Crippen LogP contribution in [0.4, 0.5) is 13.2 Å². The fourth-order valence-corrected chi connectivity index (χ4v) is 4.58. The summed E-state index contributed by atoms with van der Waals surface area (Å²) in [5.74, 6) is -0.0252. The monoisotopic (exact) mass is 460 g/mol. The highest BCUT2D eigenvalue weighted by molar-refractivity contribution is 5.94. The summed E-state index contributed by atoms with van der Waals surface area (Å²) in [6.07, 6.45) is 1.50. The Labute approximate surface area is 187 Å². The molecule has 0 bridgehead atoms. The average molecular weight is 460 g/mol. The SMILES string of the molecule is O=C(c1ccc(OC(F)(F)F)cc1)N1CCC(c2c[nH]c3ncc([C@H]4CCOC4)nc23)CC1. The van der Waals surface area contributed by atoms with Gasteiger partial charge < -0.3 is 19.4 Å². The second kappa shape index (κ2) is 8.66. The number of aromatic amines is 1. The summed E-state index contributed by atoms with van der Waals surface area (Å²) in [4.78, 5) is 27.2. The van der Waals surface area contributed by atoms with Crippen LogP contribution in [-0.4, -0.2) is 58.4 Å². The van der Waals surface area contributed by atoms with Gasteiger partial charge in [-0.2, -0.15) is 0 Å². The molecule has 0 radical (unpaired) electrons. The lowest BCUT2D eigenvalue weighted by Gasteiger charge is -2.32. The summed E-state index contributed by atoms with van der Waals surface area (Å²) >= 11 is 0. The Hall–Kier alpha value is -3.14. The number of benzene rings is 1. The van der Waals surface area contributed by atoms with E-state index in [1.54, 1.807) is 4.90 Å². The van der Waals surface area contributed by atoms with Gasteiger partial charge in [0.1, 0.15) is 11.3 Å². The number of fused-ring (bicyclic) bond motifs is 1. The summed E-state index contributed by atoms with van der Waals surface area (Å²) in [7, 11) is 0. The number of H-pyrrole nitrogens is 1. The van der Waals surface area contributed by atoms with E-state index in [1.807, 2.05) is 12.4 Å². The van der Waals surface area contributed by atoms with E-state index in [9.17, 15) is 18.0 Å². The summed E-state index contributed by atoms with van der Waals surface area (Å²) in [5.41, 5.74) is 4.03. The number of likely N-dealkylation sites (tertiary alicyclic amines) is 1. The van der Waals surface area contributed by atoms with Crippen LogP contribution in [-0.2, 0) is 4.74 Å². The molecule has 174 valence electrons. The smallest absolute Gasteiger partial charge is 0.406 e. The highest BCUT2D eigenvalue weighted by Crippen LogP contribution is 2.34. The third-order valence-electron chi connectivity index (χ3n) is 6.33. The highest BCUT2D eigenvalue weighted by Gasteiger charge is 2.31. The fourth-order valence-electron chi connectivity index (χ4n) is 4.58. The summed E-state index contributed by atoms with van der Waals surface area (Å²) in [6, 6.07) is 5.04. The Morgan fingerprint density at radius 1 is 1.12 bits per heavy atom. The molecule has 1 N–H and O–H groups in total. The number of nitrogens with zero attached hydrogens (tertiary/aromatic N) is 3. The van der Waals surface area contributed by atoms with Crippen molar-refractivity contribution in [2.45, 2.75) is 37.5 Å². The van der Waals surface area contributed by atoms with Crippen molar-refractivity contribution >= 4 is 17.1 Å². The topological polar surface area (TPSA) is 80.3 Å². The van der Waals surface area contributed by atoms with Gasteiger partial charge >= 0.3 is 6.36 Å². The number of nitrogens with one attached hydrogen (secondary N) is 1. The van der Waals surface area contributed by atoms with Crippen molar-refractivity contribution in [1.82, 2.24) is 19.9 Å². The first kappa shape index (κ1) is 21.7. The zero-order valence-corrected chi connectivity index (χ0v) is 17.8. The molecule has 33 heavy (non-hydrogen) atoms. The van der Waals surface area contributed by atoms with Gasteiger partial charge in [-0.15, -0.1) is 13.2 Å². The number of rotatable bonds is 4. The van der Waals surface area contributed by atoms with Crippen molar-refractivity contribution in [3.63, 3.8) is 0 Å². The van der Waals surface area contributed by atoms with E-state index < -0.39 is 6.36 Å². The number of carbonyl (C=O) groups excluding carboxylic acids is 1. The molecule has 1 atom stereocenters. The van der Waals surface area contributed by atoms with Crippen LogP contribution in [0.25, 0.3) is 11.2 Å². The first-order chi connectivity index (χ1) is 15.9. The van der Waals surface area contributed by atoms with Crippen molar-refractivity contribution in [2.24, 2.45) is 0 Å². The lowest BCUT2D eigenvalue weighted by atomic mass is 9.90. The number of amides is 1. The number of hydrogen-bond acceptors (Lipinski definition) is 5. The molecule has 3 aromatic rings. The summed E-state index contributed by atoms with van der Waals surface area (Å²) in [5, 5.41) is 0. The molecule has 2 aliphatic heterocycles. The van der Waals surface area contributed by atoms with Crippen LogP contribution >= 0.6 is 0 Å². The standard InChI is InChI=1S/C23H23F3N4O3/c24-23(25,26)33-17-3-1-15(2-4-17)22(31)30-8-5-14(6-9-30)18-11-27-21-20(18)29-19(12-28-21)16-7-10-32-13-16/h1-4,11-12,14,16H,5-10,13H2,(H,27,28)/t16-/m0/s1. The molecule has 2 fully saturated rings. The number of aromatic nitrogens is 3. The lowest BCUT2D eigenvalue weighted by Crippen LogP contribution is -2.37. The Balaban J connectivity index is 1.25. The maximum atomic E-state index is 12.8. The Bertz CT molecular complexity index is 1130. The van der Waals surface area contributed by atoms with Gasteiger partial charge in [0, 0.05) is 42.9 Å². The molecule has 2 saturated heterocycles. The van der Waals surface area contributed by atoms with Gasteiger partial charge in [0.15, 0.2) is 5.65 Å². The van der Waals surface area contributed by atoms with E-state index >= 15 is 0 Å². The van der Waals surface area contributed by atoms with Crippen LogP contribution in [0.2, 0.25) is 0 Å². The van der Waals surface area contributed by atoms with E-state index in [4.69, 9.17) is 9.72 Å². The van der Waals surface area contributed by atoms with Gasteiger partial charge in [-0.05, 0) is 49.4 Å². The van der Waals surface area contributed by atoms with Gasteiger partial charge in [-0.3, -0.25) is 4.79 Å². The number of alkyl halides is 3. The molecule has 1 aromatic carbocycles. The predicted molar refractivity (Wildman–Crippen MR) is 113 cm³/mol. The normalized spacial score (nSPS) is 19.8. The van der Waals surface area contributed by atoms with E-state index in [1.165, 1.54) is 12.1 Å². The number of ether oxygens (including phenoxy) is 2. The average Bonchev–Trinajstić information content (AvgIpc) is 3.48. The molecule has 2 aromatic heterocycles. The van der Waals surface area contributed by atoms with Gasteiger partial charge in [-0.25, -0.2) is 9.97 Å². The molecular formula is C23H23F3N4O3. The minimum absolute atomic E-state index is 0.200. The van der Waals surface area contributed by atoms with E-state index in [0.717, 1.165) is 60.4 Å². The zero-order chi connectivity index (χ0) is 23.0. The summed E-state index contributed by atoms with van der Waals surface area (Å²) in [6.45, 7) is 2.53. The minimum atomic E-state index is -4.76. The molecule has 4 heterocycles.